The van der Waals surface area contributed by atoms with Crippen molar-refractivity contribution in [2.75, 3.05) is 13.7 Å². The van der Waals surface area contributed by atoms with Gasteiger partial charge in [-0.1, -0.05) is 19.9 Å². The molecule has 1 aliphatic heterocycles. The molecule has 1 atom stereocenters. The Kier molecular flexibility index (Phi) is 4.12. The van der Waals surface area contributed by atoms with E-state index in [-0.39, 0.29) is 0 Å². The predicted molar refractivity (Wildman–Crippen MR) is 73.5 cm³/mol. The summed E-state index contributed by atoms with van der Waals surface area (Å²) in [6, 6.07) is 4.42. The van der Waals surface area contributed by atoms with Gasteiger partial charge in [-0.2, -0.15) is 0 Å². The second-order valence-electron chi connectivity index (χ2n) is 5.34. The Morgan fingerprint density at radius 1 is 1.44 bits per heavy atom. The van der Waals surface area contributed by atoms with Gasteiger partial charge in [0, 0.05) is 11.6 Å². The van der Waals surface area contributed by atoms with E-state index >= 15 is 0 Å². The Morgan fingerprint density at radius 2 is 2.22 bits per heavy atom. The molecule has 0 spiro atoms. The molecule has 1 fully saturated rings. The lowest BCUT2D eigenvalue weighted by Crippen LogP contribution is -2.24. The standard InChI is InChI=1S/C15H23NO2/c1-10(2)12-6-7-14(18-3)15(17)13(12)9-11-5-4-8-16-11/h6-7,10-11,16-17H,4-5,8-9H2,1-3H3. The first-order chi connectivity index (χ1) is 8.63. The van der Waals surface area contributed by atoms with Crippen molar-refractivity contribution in [3.05, 3.63) is 23.3 Å². The van der Waals surface area contributed by atoms with Crippen molar-refractivity contribution in [3.63, 3.8) is 0 Å². The van der Waals surface area contributed by atoms with Crippen LogP contribution in [-0.2, 0) is 6.42 Å². The molecule has 1 heterocycles. The molecular weight excluding hydrogens is 226 g/mol. The zero-order valence-electron chi connectivity index (χ0n) is 11.5. The molecule has 0 aromatic heterocycles. The fourth-order valence-corrected chi connectivity index (χ4v) is 2.73. The fourth-order valence-electron chi connectivity index (χ4n) is 2.73. The molecule has 1 unspecified atom stereocenters. The Bertz CT molecular complexity index is 409. The van der Waals surface area contributed by atoms with Crippen LogP contribution in [0.4, 0.5) is 0 Å². The van der Waals surface area contributed by atoms with Gasteiger partial charge >= 0.3 is 0 Å². The number of ether oxygens (including phenoxy) is 1. The third-order valence-electron chi connectivity index (χ3n) is 3.74. The zero-order chi connectivity index (χ0) is 13.1. The summed E-state index contributed by atoms with van der Waals surface area (Å²) < 4.78 is 5.21. The van der Waals surface area contributed by atoms with Gasteiger partial charge in [0.2, 0.25) is 0 Å². The normalized spacial score (nSPS) is 19.4. The maximum atomic E-state index is 10.3. The number of nitrogens with one attached hydrogen (secondary N) is 1. The van der Waals surface area contributed by atoms with Gasteiger partial charge in [-0.25, -0.2) is 0 Å². The summed E-state index contributed by atoms with van der Waals surface area (Å²) in [5.41, 5.74) is 2.27. The van der Waals surface area contributed by atoms with Gasteiger partial charge in [-0.05, 0) is 43.4 Å². The molecule has 0 radical (unpaired) electrons. The number of rotatable bonds is 4. The first-order valence-corrected chi connectivity index (χ1v) is 6.75. The highest BCUT2D eigenvalue weighted by Gasteiger charge is 2.21. The number of hydrogen-bond acceptors (Lipinski definition) is 3. The maximum Gasteiger partial charge on any atom is 0.161 e. The first-order valence-electron chi connectivity index (χ1n) is 6.75. The second-order valence-corrected chi connectivity index (χ2v) is 5.34. The summed E-state index contributed by atoms with van der Waals surface area (Å²) >= 11 is 0. The molecule has 0 amide bonds. The predicted octanol–water partition coefficient (Wildman–Crippen LogP) is 2.82. The van der Waals surface area contributed by atoms with E-state index in [9.17, 15) is 5.11 Å². The van der Waals surface area contributed by atoms with Gasteiger partial charge in [-0.3, -0.25) is 0 Å². The SMILES string of the molecule is COc1ccc(C(C)C)c(CC2CCCN2)c1O. The lowest BCUT2D eigenvalue weighted by atomic mass is 9.91. The lowest BCUT2D eigenvalue weighted by molar-refractivity contribution is 0.368. The van der Waals surface area contributed by atoms with Crippen LogP contribution in [-0.4, -0.2) is 24.8 Å². The minimum absolute atomic E-state index is 0.317. The molecule has 0 saturated carbocycles. The van der Waals surface area contributed by atoms with Crippen LogP contribution in [0.5, 0.6) is 11.5 Å². The van der Waals surface area contributed by atoms with E-state index < -0.39 is 0 Å². The van der Waals surface area contributed by atoms with Gasteiger partial charge in [0.1, 0.15) is 0 Å². The van der Waals surface area contributed by atoms with Gasteiger partial charge in [0.05, 0.1) is 7.11 Å². The molecule has 0 bridgehead atoms. The van der Waals surface area contributed by atoms with Crippen molar-refractivity contribution < 1.29 is 9.84 Å². The Balaban J connectivity index is 2.33. The van der Waals surface area contributed by atoms with E-state index in [1.807, 2.05) is 6.07 Å². The molecule has 1 aliphatic rings. The maximum absolute atomic E-state index is 10.3. The van der Waals surface area contributed by atoms with E-state index in [1.54, 1.807) is 7.11 Å². The van der Waals surface area contributed by atoms with E-state index in [2.05, 4.69) is 25.2 Å². The van der Waals surface area contributed by atoms with Crippen LogP contribution < -0.4 is 10.1 Å². The first kappa shape index (κ1) is 13.2. The molecular formula is C15H23NO2. The summed E-state index contributed by atoms with van der Waals surface area (Å²) in [6.45, 7) is 5.41. The summed E-state index contributed by atoms with van der Waals surface area (Å²) in [4.78, 5) is 0. The summed E-state index contributed by atoms with van der Waals surface area (Å²) in [7, 11) is 1.60. The Labute approximate surface area is 109 Å². The van der Waals surface area contributed by atoms with Crippen molar-refractivity contribution >= 4 is 0 Å². The van der Waals surface area contributed by atoms with Crippen molar-refractivity contribution in [1.29, 1.82) is 0 Å². The van der Waals surface area contributed by atoms with Gasteiger partial charge in [-0.15, -0.1) is 0 Å². The molecule has 100 valence electrons. The summed E-state index contributed by atoms with van der Waals surface area (Å²) in [5.74, 6) is 1.31. The van der Waals surface area contributed by atoms with Gasteiger partial charge < -0.3 is 15.2 Å². The summed E-state index contributed by atoms with van der Waals surface area (Å²) in [6.07, 6.45) is 3.30. The Morgan fingerprint density at radius 3 is 2.78 bits per heavy atom. The van der Waals surface area contributed by atoms with E-state index in [0.29, 0.717) is 23.5 Å². The number of methoxy groups -OCH3 is 1. The van der Waals surface area contributed by atoms with Crippen molar-refractivity contribution in [2.45, 2.75) is 45.1 Å². The van der Waals surface area contributed by atoms with E-state index in [4.69, 9.17) is 4.74 Å². The molecule has 18 heavy (non-hydrogen) atoms. The second kappa shape index (κ2) is 5.61. The number of phenols is 1. The molecule has 1 aromatic rings. The number of phenolic OH excluding ortho intramolecular Hbond substituents is 1. The number of aromatic hydroxyl groups is 1. The van der Waals surface area contributed by atoms with Crippen LogP contribution >= 0.6 is 0 Å². The minimum Gasteiger partial charge on any atom is -0.504 e. The van der Waals surface area contributed by atoms with Crippen LogP contribution in [0.15, 0.2) is 12.1 Å². The van der Waals surface area contributed by atoms with Crippen molar-refractivity contribution in [3.8, 4) is 11.5 Å². The van der Waals surface area contributed by atoms with Gasteiger partial charge in [0.15, 0.2) is 11.5 Å². The highest BCUT2D eigenvalue weighted by molar-refractivity contribution is 5.51. The fraction of sp³-hybridized carbons (Fsp3) is 0.600. The smallest absolute Gasteiger partial charge is 0.161 e. The summed E-state index contributed by atoms with van der Waals surface area (Å²) in [5, 5.41) is 13.8. The zero-order valence-corrected chi connectivity index (χ0v) is 11.5. The third-order valence-corrected chi connectivity index (χ3v) is 3.74. The van der Waals surface area contributed by atoms with Crippen LogP contribution in [0.3, 0.4) is 0 Å². The van der Waals surface area contributed by atoms with Crippen LogP contribution in [0, 0.1) is 0 Å². The molecule has 1 aromatic carbocycles. The molecule has 0 aliphatic carbocycles. The average molecular weight is 249 g/mol. The topological polar surface area (TPSA) is 41.5 Å². The van der Waals surface area contributed by atoms with Crippen molar-refractivity contribution in [1.82, 2.24) is 5.32 Å². The molecule has 3 nitrogen and oxygen atoms in total. The lowest BCUT2D eigenvalue weighted by Gasteiger charge is -2.19. The van der Waals surface area contributed by atoms with Crippen molar-refractivity contribution in [2.24, 2.45) is 0 Å². The van der Waals surface area contributed by atoms with Crippen LogP contribution in [0.25, 0.3) is 0 Å². The Hall–Kier alpha value is -1.22. The average Bonchev–Trinajstić information content (AvgIpc) is 2.84. The largest absolute Gasteiger partial charge is 0.504 e. The molecule has 2 rings (SSSR count). The number of benzene rings is 1. The third kappa shape index (κ3) is 2.61. The molecule has 3 heteroatoms. The quantitative estimate of drug-likeness (QED) is 0.862. The highest BCUT2D eigenvalue weighted by atomic mass is 16.5. The molecule has 2 N–H and O–H groups in total. The van der Waals surface area contributed by atoms with Gasteiger partial charge in [0.25, 0.3) is 0 Å². The highest BCUT2D eigenvalue weighted by Crippen LogP contribution is 2.36. The van der Waals surface area contributed by atoms with Crippen LogP contribution in [0.1, 0.15) is 43.7 Å². The minimum atomic E-state index is 0.317. The van der Waals surface area contributed by atoms with E-state index in [1.165, 1.54) is 18.4 Å². The van der Waals surface area contributed by atoms with E-state index in [0.717, 1.165) is 18.5 Å². The number of hydrogen-bond donors (Lipinski definition) is 2. The molecule has 1 saturated heterocycles. The van der Waals surface area contributed by atoms with Crippen LogP contribution in [0.2, 0.25) is 0 Å². The monoisotopic (exact) mass is 249 g/mol.